The fourth-order valence-electron chi connectivity index (χ4n) is 1.58. The molecule has 0 radical (unpaired) electrons. The summed E-state index contributed by atoms with van der Waals surface area (Å²) in [5.74, 6) is 0. The zero-order valence-electron chi connectivity index (χ0n) is 8.56. The Morgan fingerprint density at radius 1 is 1.47 bits per heavy atom. The number of carbonyl (C=O) groups is 1. The Hall–Kier alpha value is -0.860. The highest BCUT2D eigenvalue weighted by Gasteiger charge is 2.30. The highest BCUT2D eigenvalue weighted by Crippen LogP contribution is 2.16. The van der Waals surface area contributed by atoms with Crippen molar-refractivity contribution in [3.05, 3.63) is 0 Å². The van der Waals surface area contributed by atoms with Gasteiger partial charge in [0.15, 0.2) is 0 Å². The third kappa shape index (κ3) is 3.33. The van der Waals surface area contributed by atoms with Crippen LogP contribution in [0, 0.1) is 0 Å². The molecule has 0 spiro atoms. The zero-order chi connectivity index (χ0) is 11.5. The van der Waals surface area contributed by atoms with Crippen LogP contribution in [0.5, 0.6) is 0 Å². The Labute approximate surface area is 89.2 Å². The van der Waals surface area contributed by atoms with Gasteiger partial charge in [-0.1, -0.05) is 0 Å². The number of nitrogens with two attached hydrogens (primary N) is 1. The number of hydrogen-bond acceptors (Lipinski definition) is 3. The number of urea groups is 1. The smallest absolute Gasteiger partial charge is 0.315 e. The lowest BCUT2D eigenvalue weighted by Gasteiger charge is -2.33. The van der Waals surface area contributed by atoms with E-state index in [-0.39, 0.29) is 0 Å². The zero-order valence-corrected chi connectivity index (χ0v) is 9.38. The summed E-state index contributed by atoms with van der Waals surface area (Å²) >= 11 is 0. The Morgan fingerprint density at radius 2 is 2.13 bits per heavy atom. The standard InChI is InChI=1S/C7H16N4O3S/c1-9-7(12)10-6-4-2-3-5-11(6)15(8,13)14/h6H,2-5H2,1H3,(H2,8,13,14)(H2,9,10,12). The molecule has 1 saturated heterocycles. The maximum absolute atomic E-state index is 11.2. The summed E-state index contributed by atoms with van der Waals surface area (Å²) in [4.78, 5) is 11.1. The van der Waals surface area contributed by atoms with Crippen LogP contribution in [-0.2, 0) is 10.2 Å². The van der Waals surface area contributed by atoms with Crippen molar-refractivity contribution in [1.82, 2.24) is 14.9 Å². The molecule has 7 nitrogen and oxygen atoms in total. The molecule has 8 heteroatoms. The lowest BCUT2D eigenvalue weighted by Crippen LogP contribution is -2.56. The summed E-state index contributed by atoms with van der Waals surface area (Å²) in [6, 6.07) is -0.407. The minimum atomic E-state index is -3.74. The number of nitrogens with zero attached hydrogens (tertiary/aromatic N) is 1. The van der Waals surface area contributed by atoms with Crippen LogP contribution in [0.1, 0.15) is 19.3 Å². The maximum Gasteiger partial charge on any atom is 0.315 e. The van der Waals surface area contributed by atoms with E-state index in [4.69, 9.17) is 5.14 Å². The Bertz CT molecular complexity index is 329. The molecule has 1 fully saturated rings. The van der Waals surface area contributed by atoms with E-state index in [1.54, 1.807) is 0 Å². The molecule has 1 heterocycles. The predicted octanol–water partition coefficient (Wildman–Crippen LogP) is -1.07. The van der Waals surface area contributed by atoms with Crippen molar-refractivity contribution >= 4 is 16.2 Å². The monoisotopic (exact) mass is 236 g/mol. The summed E-state index contributed by atoms with van der Waals surface area (Å²) in [6.45, 7) is 0.355. The fourth-order valence-corrected chi connectivity index (χ4v) is 2.47. The van der Waals surface area contributed by atoms with Crippen molar-refractivity contribution in [3.63, 3.8) is 0 Å². The minimum absolute atomic E-state index is 0.355. The molecule has 4 N–H and O–H groups in total. The molecule has 0 saturated carbocycles. The van der Waals surface area contributed by atoms with Crippen molar-refractivity contribution in [2.45, 2.75) is 25.4 Å². The van der Waals surface area contributed by atoms with Crippen LogP contribution in [0.25, 0.3) is 0 Å². The first-order valence-electron chi connectivity index (χ1n) is 4.73. The van der Waals surface area contributed by atoms with E-state index < -0.39 is 22.4 Å². The lowest BCUT2D eigenvalue weighted by molar-refractivity contribution is 0.199. The van der Waals surface area contributed by atoms with Gasteiger partial charge in [-0.25, -0.2) is 9.93 Å². The molecule has 1 aliphatic heterocycles. The van der Waals surface area contributed by atoms with Gasteiger partial charge < -0.3 is 10.6 Å². The SMILES string of the molecule is CNC(=O)NC1CCCCN1S(N)(=O)=O. The summed E-state index contributed by atoms with van der Waals surface area (Å²) in [6.07, 6.45) is 1.70. The van der Waals surface area contributed by atoms with Gasteiger partial charge in [0.25, 0.3) is 10.2 Å². The first-order chi connectivity index (χ1) is 6.95. The van der Waals surface area contributed by atoms with E-state index in [0.29, 0.717) is 13.0 Å². The van der Waals surface area contributed by atoms with Gasteiger partial charge in [-0.05, 0) is 19.3 Å². The molecular weight excluding hydrogens is 220 g/mol. The van der Waals surface area contributed by atoms with Crippen molar-refractivity contribution in [2.24, 2.45) is 5.14 Å². The number of nitrogens with one attached hydrogen (secondary N) is 2. The predicted molar refractivity (Wildman–Crippen MR) is 55.0 cm³/mol. The van der Waals surface area contributed by atoms with E-state index in [9.17, 15) is 13.2 Å². The second-order valence-electron chi connectivity index (χ2n) is 3.39. The molecule has 0 bridgehead atoms. The molecule has 0 aromatic carbocycles. The summed E-state index contributed by atoms with van der Waals surface area (Å²) in [5, 5.41) is 9.96. The Kier molecular flexibility index (Phi) is 3.89. The molecule has 0 aliphatic carbocycles. The molecule has 15 heavy (non-hydrogen) atoms. The van der Waals surface area contributed by atoms with Crippen LogP contribution in [-0.4, -0.2) is 38.5 Å². The first-order valence-corrected chi connectivity index (χ1v) is 6.23. The molecule has 1 unspecified atom stereocenters. The normalized spacial score (nSPS) is 23.5. The molecule has 2 amide bonds. The number of piperidine rings is 1. The lowest BCUT2D eigenvalue weighted by atomic mass is 10.1. The third-order valence-corrected chi connectivity index (χ3v) is 3.40. The quantitative estimate of drug-likeness (QED) is 0.568. The largest absolute Gasteiger partial charge is 0.341 e. The average molecular weight is 236 g/mol. The Morgan fingerprint density at radius 3 is 2.67 bits per heavy atom. The molecule has 1 rings (SSSR count). The molecule has 0 aromatic heterocycles. The van der Waals surface area contributed by atoms with E-state index in [1.165, 1.54) is 7.05 Å². The van der Waals surface area contributed by atoms with Crippen LogP contribution in [0.3, 0.4) is 0 Å². The van der Waals surface area contributed by atoms with E-state index in [2.05, 4.69) is 10.6 Å². The van der Waals surface area contributed by atoms with Crippen LogP contribution in [0.15, 0.2) is 0 Å². The number of rotatable bonds is 2. The molecule has 88 valence electrons. The van der Waals surface area contributed by atoms with Gasteiger partial charge in [-0.2, -0.15) is 12.7 Å². The van der Waals surface area contributed by atoms with Gasteiger partial charge in [0, 0.05) is 13.6 Å². The molecule has 0 aromatic rings. The second-order valence-corrected chi connectivity index (χ2v) is 4.89. The van der Waals surface area contributed by atoms with Gasteiger partial charge in [0.1, 0.15) is 0 Å². The molecule has 1 aliphatic rings. The van der Waals surface area contributed by atoms with E-state index >= 15 is 0 Å². The summed E-state index contributed by atoms with van der Waals surface area (Å²) < 4.78 is 23.5. The van der Waals surface area contributed by atoms with Crippen molar-refractivity contribution in [2.75, 3.05) is 13.6 Å². The van der Waals surface area contributed by atoms with Gasteiger partial charge in [-0.15, -0.1) is 0 Å². The van der Waals surface area contributed by atoms with E-state index in [1.807, 2.05) is 0 Å². The average Bonchev–Trinajstić information content (AvgIpc) is 2.17. The maximum atomic E-state index is 11.2. The van der Waals surface area contributed by atoms with E-state index in [0.717, 1.165) is 17.1 Å². The van der Waals surface area contributed by atoms with Gasteiger partial charge in [0.2, 0.25) is 0 Å². The van der Waals surface area contributed by atoms with Gasteiger partial charge >= 0.3 is 6.03 Å². The number of amides is 2. The van der Waals surface area contributed by atoms with Crippen LogP contribution < -0.4 is 15.8 Å². The van der Waals surface area contributed by atoms with Gasteiger partial charge in [-0.3, -0.25) is 0 Å². The second kappa shape index (κ2) is 4.77. The van der Waals surface area contributed by atoms with Crippen molar-refractivity contribution in [3.8, 4) is 0 Å². The topological polar surface area (TPSA) is 105 Å². The van der Waals surface area contributed by atoms with Crippen LogP contribution in [0.2, 0.25) is 0 Å². The number of carbonyl (C=O) groups excluding carboxylic acids is 1. The summed E-state index contributed by atoms with van der Waals surface area (Å²) in [5.41, 5.74) is 0. The molecular formula is C7H16N4O3S. The first kappa shape index (κ1) is 12.2. The van der Waals surface area contributed by atoms with Crippen LogP contribution in [0.4, 0.5) is 4.79 Å². The van der Waals surface area contributed by atoms with Crippen LogP contribution >= 0.6 is 0 Å². The fraction of sp³-hybridized carbons (Fsp3) is 0.857. The van der Waals surface area contributed by atoms with Crippen molar-refractivity contribution < 1.29 is 13.2 Å². The minimum Gasteiger partial charge on any atom is -0.341 e. The van der Waals surface area contributed by atoms with Crippen molar-refractivity contribution in [1.29, 1.82) is 0 Å². The van der Waals surface area contributed by atoms with Gasteiger partial charge in [0.05, 0.1) is 6.17 Å². The Balaban J connectivity index is 2.70. The highest BCUT2D eigenvalue weighted by atomic mass is 32.2. The summed E-state index contributed by atoms with van der Waals surface area (Å²) in [7, 11) is -2.27. The third-order valence-electron chi connectivity index (χ3n) is 2.31. The molecule has 1 atom stereocenters. The number of hydrogen-bond donors (Lipinski definition) is 3. The highest BCUT2D eigenvalue weighted by molar-refractivity contribution is 7.86.